The van der Waals surface area contributed by atoms with E-state index in [1.54, 1.807) is 26.0 Å². The molecule has 0 saturated carbocycles. The van der Waals surface area contributed by atoms with Crippen LogP contribution in [0.1, 0.15) is 32.3 Å². The highest BCUT2D eigenvalue weighted by molar-refractivity contribution is 5.95. The van der Waals surface area contributed by atoms with Crippen molar-refractivity contribution in [3.63, 3.8) is 0 Å². The third kappa shape index (κ3) is 6.83. The lowest BCUT2D eigenvalue weighted by atomic mass is 9.85. The van der Waals surface area contributed by atoms with Gasteiger partial charge >= 0.3 is 5.97 Å². The first-order valence-electron chi connectivity index (χ1n) is 8.79. The minimum absolute atomic E-state index is 0.00756. The Morgan fingerprint density at radius 2 is 1.64 bits per heavy atom. The number of benzene rings is 2. The van der Waals surface area contributed by atoms with Crippen LogP contribution in [0.15, 0.2) is 48.5 Å². The molecule has 0 aromatic heterocycles. The van der Waals surface area contributed by atoms with E-state index < -0.39 is 17.2 Å². The van der Waals surface area contributed by atoms with Gasteiger partial charge in [-0.25, -0.2) is 4.39 Å². The molecule has 0 unspecified atom stereocenters. The molecular formula is C21H23FN2O4. The van der Waals surface area contributed by atoms with Crippen LogP contribution in [0, 0.1) is 11.2 Å². The molecule has 0 atom stereocenters. The van der Waals surface area contributed by atoms with Gasteiger partial charge in [0, 0.05) is 12.1 Å². The third-order valence-corrected chi connectivity index (χ3v) is 4.00. The van der Waals surface area contributed by atoms with Gasteiger partial charge in [-0.2, -0.15) is 0 Å². The molecule has 2 aromatic rings. The number of carboxylic acid groups (broad SMARTS) is 1. The summed E-state index contributed by atoms with van der Waals surface area (Å²) in [5, 5.41) is 14.0. The first-order valence-corrected chi connectivity index (χ1v) is 8.79. The van der Waals surface area contributed by atoms with E-state index in [1.807, 2.05) is 18.2 Å². The number of rotatable bonds is 8. The maximum Gasteiger partial charge on any atom is 0.303 e. The minimum atomic E-state index is -0.983. The van der Waals surface area contributed by atoms with Crippen LogP contribution >= 0.6 is 0 Å². The molecule has 0 aliphatic heterocycles. The average Bonchev–Trinajstić information content (AvgIpc) is 2.56. The summed E-state index contributed by atoms with van der Waals surface area (Å²) in [6.07, 6.45) is -0.0583. The highest BCUT2D eigenvalue weighted by Gasteiger charge is 2.25. The van der Waals surface area contributed by atoms with E-state index in [0.717, 1.165) is 11.6 Å². The summed E-state index contributed by atoms with van der Waals surface area (Å²) >= 11 is 0. The molecule has 28 heavy (non-hydrogen) atoms. The predicted molar refractivity (Wildman–Crippen MR) is 104 cm³/mol. The number of amides is 2. The number of hydrogen-bond acceptors (Lipinski definition) is 3. The van der Waals surface area contributed by atoms with Crippen molar-refractivity contribution >= 4 is 29.2 Å². The number of carboxylic acids is 1. The Hall–Kier alpha value is -3.22. The topological polar surface area (TPSA) is 95.5 Å². The number of carbonyl (C=O) groups excluding carboxylic acids is 2. The third-order valence-electron chi connectivity index (χ3n) is 4.00. The van der Waals surface area contributed by atoms with Gasteiger partial charge in [0.25, 0.3) is 0 Å². The minimum Gasteiger partial charge on any atom is -0.481 e. The zero-order valence-corrected chi connectivity index (χ0v) is 15.8. The molecule has 148 valence electrons. The van der Waals surface area contributed by atoms with Crippen molar-refractivity contribution < 1.29 is 23.9 Å². The molecule has 0 fully saturated rings. The predicted octanol–water partition coefficient (Wildman–Crippen LogP) is 3.84. The zero-order valence-electron chi connectivity index (χ0n) is 15.8. The number of nitrogens with one attached hydrogen (secondary N) is 2. The molecular weight excluding hydrogens is 363 g/mol. The number of anilines is 2. The van der Waals surface area contributed by atoms with E-state index in [4.69, 9.17) is 5.11 Å². The fraction of sp³-hybridized carbons (Fsp3) is 0.286. The summed E-state index contributed by atoms with van der Waals surface area (Å²) in [7, 11) is 0. The SMILES string of the molecule is CC(C)(CC(=O)O)CC(=O)Nc1ccc(F)c(NC(=O)Cc2ccccc2)c1. The quantitative estimate of drug-likeness (QED) is 0.642. The molecule has 0 saturated heterocycles. The fourth-order valence-electron chi connectivity index (χ4n) is 2.79. The van der Waals surface area contributed by atoms with Crippen molar-refractivity contribution in [1.29, 1.82) is 0 Å². The number of aliphatic carboxylic acids is 1. The molecule has 2 rings (SSSR count). The lowest BCUT2D eigenvalue weighted by molar-refractivity contribution is -0.139. The maximum absolute atomic E-state index is 14.0. The zero-order chi connectivity index (χ0) is 20.7. The molecule has 6 nitrogen and oxygen atoms in total. The van der Waals surface area contributed by atoms with E-state index >= 15 is 0 Å². The molecule has 0 spiro atoms. The van der Waals surface area contributed by atoms with Gasteiger partial charge in [-0.1, -0.05) is 44.2 Å². The van der Waals surface area contributed by atoms with Gasteiger partial charge in [-0.3, -0.25) is 14.4 Å². The lowest BCUT2D eigenvalue weighted by Gasteiger charge is -2.21. The van der Waals surface area contributed by atoms with Gasteiger partial charge in [0.1, 0.15) is 5.82 Å². The standard InChI is InChI=1S/C21H23FN2O4/c1-21(2,13-20(27)28)12-19(26)23-15-8-9-16(22)17(11-15)24-18(25)10-14-6-4-3-5-7-14/h3-9,11H,10,12-13H2,1-2H3,(H,23,26)(H,24,25)(H,27,28). The summed E-state index contributed by atoms with van der Waals surface area (Å²) in [4.78, 5) is 35.2. The Labute approximate surface area is 162 Å². The van der Waals surface area contributed by atoms with Crippen molar-refractivity contribution in [3.8, 4) is 0 Å². The van der Waals surface area contributed by atoms with Crippen LogP contribution in [0.2, 0.25) is 0 Å². The van der Waals surface area contributed by atoms with E-state index in [2.05, 4.69) is 10.6 Å². The first-order chi connectivity index (χ1) is 13.1. The summed E-state index contributed by atoms with van der Waals surface area (Å²) < 4.78 is 14.0. The van der Waals surface area contributed by atoms with Gasteiger partial charge in [0.2, 0.25) is 11.8 Å². The van der Waals surface area contributed by atoms with Crippen LogP contribution in [-0.4, -0.2) is 22.9 Å². The summed E-state index contributed by atoms with van der Waals surface area (Å²) in [6, 6.07) is 12.9. The van der Waals surface area contributed by atoms with Crippen molar-refractivity contribution in [2.75, 3.05) is 10.6 Å². The normalized spacial score (nSPS) is 11.0. The van der Waals surface area contributed by atoms with Crippen molar-refractivity contribution in [1.82, 2.24) is 0 Å². The smallest absolute Gasteiger partial charge is 0.303 e. The van der Waals surface area contributed by atoms with Gasteiger partial charge in [0.15, 0.2) is 0 Å². The van der Waals surface area contributed by atoms with E-state index in [1.165, 1.54) is 12.1 Å². The van der Waals surface area contributed by atoms with Gasteiger partial charge in [-0.15, -0.1) is 0 Å². The molecule has 0 radical (unpaired) electrons. The van der Waals surface area contributed by atoms with E-state index in [-0.39, 0.29) is 36.8 Å². The maximum atomic E-state index is 14.0. The van der Waals surface area contributed by atoms with Crippen LogP contribution in [0.4, 0.5) is 15.8 Å². The Kier molecular flexibility index (Phi) is 6.87. The van der Waals surface area contributed by atoms with Crippen LogP contribution in [0.5, 0.6) is 0 Å². The van der Waals surface area contributed by atoms with Crippen molar-refractivity contribution in [2.45, 2.75) is 33.1 Å². The molecule has 0 bridgehead atoms. The lowest BCUT2D eigenvalue weighted by Crippen LogP contribution is -2.25. The van der Waals surface area contributed by atoms with E-state index in [9.17, 15) is 18.8 Å². The van der Waals surface area contributed by atoms with Crippen LogP contribution < -0.4 is 10.6 Å². The van der Waals surface area contributed by atoms with Crippen LogP contribution in [-0.2, 0) is 20.8 Å². The summed E-state index contributed by atoms with van der Waals surface area (Å²) in [5.41, 5.74) is 0.351. The van der Waals surface area contributed by atoms with E-state index in [0.29, 0.717) is 5.69 Å². The Balaban J connectivity index is 2.01. The number of hydrogen-bond donors (Lipinski definition) is 3. The molecule has 7 heteroatoms. The molecule has 0 aliphatic rings. The second-order valence-electron chi connectivity index (χ2n) is 7.36. The second-order valence-corrected chi connectivity index (χ2v) is 7.36. The molecule has 2 aromatic carbocycles. The van der Waals surface area contributed by atoms with Gasteiger partial charge < -0.3 is 15.7 Å². The van der Waals surface area contributed by atoms with Crippen molar-refractivity contribution in [3.05, 3.63) is 59.9 Å². The average molecular weight is 386 g/mol. The largest absolute Gasteiger partial charge is 0.481 e. The Bertz CT molecular complexity index is 866. The van der Waals surface area contributed by atoms with Crippen LogP contribution in [0.25, 0.3) is 0 Å². The Morgan fingerprint density at radius 1 is 0.964 bits per heavy atom. The molecule has 0 heterocycles. The summed E-state index contributed by atoms with van der Waals surface area (Å²) in [5.74, 6) is -2.37. The highest BCUT2D eigenvalue weighted by atomic mass is 19.1. The van der Waals surface area contributed by atoms with Crippen LogP contribution in [0.3, 0.4) is 0 Å². The fourth-order valence-corrected chi connectivity index (χ4v) is 2.79. The monoisotopic (exact) mass is 386 g/mol. The highest BCUT2D eigenvalue weighted by Crippen LogP contribution is 2.26. The number of halogens is 1. The number of carbonyl (C=O) groups is 3. The van der Waals surface area contributed by atoms with Gasteiger partial charge in [0.05, 0.1) is 18.5 Å². The second kappa shape index (κ2) is 9.12. The Morgan fingerprint density at radius 3 is 2.29 bits per heavy atom. The van der Waals surface area contributed by atoms with Gasteiger partial charge in [-0.05, 0) is 29.2 Å². The summed E-state index contributed by atoms with van der Waals surface area (Å²) in [6.45, 7) is 3.36. The molecule has 2 amide bonds. The molecule has 3 N–H and O–H groups in total. The van der Waals surface area contributed by atoms with Crippen molar-refractivity contribution in [2.24, 2.45) is 5.41 Å². The first kappa shape index (κ1) is 21.1. The molecule has 0 aliphatic carbocycles.